The van der Waals surface area contributed by atoms with Crippen molar-refractivity contribution >= 4 is 58.2 Å². The molecule has 0 saturated carbocycles. The Morgan fingerprint density at radius 2 is 1.72 bits per heavy atom. The Labute approximate surface area is 196 Å². The molecule has 1 amide bonds. The van der Waals surface area contributed by atoms with Crippen molar-refractivity contribution < 1.29 is 18.0 Å². The number of rotatable bonds is 3. The molecule has 166 valence electrons. The van der Waals surface area contributed by atoms with Gasteiger partial charge in [0.1, 0.15) is 11.3 Å². The molecule has 11 heteroatoms. The highest BCUT2D eigenvalue weighted by molar-refractivity contribution is 6.40. The van der Waals surface area contributed by atoms with E-state index in [1.54, 1.807) is 31.2 Å². The van der Waals surface area contributed by atoms with Crippen LogP contribution in [0.3, 0.4) is 0 Å². The van der Waals surface area contributed by atoms with Gasteiger partial charge in [-0.25, -0.2) is 9.97 Å². The number of benzene rings is 2. The molecule has 0 fully saturated rings. The van der Waals surface area contributed by atoms with E-state index in [-0.39, 0.29) is 50.6 Å². The van der Waals surface area contributed by atoms with Crippen LogP contribution in [0.2, 0.25) is 10.0 Å². The molecule has 0 spiro atoms. The maximum absolute atomic E-state index is 13.8. The summed E-state index contributed by atoms with van der Waals surface area (Å²) in [4.78, 5) is 20.9. The van der Waals surface area contributed by atoms with E-state index in [1.807, 2.05) is 0 Å². The fourth-order valence-electron chi connectivity index (χ4n) is 3.23. The van der Waals surface area contributed by atoms with Crippen molar-refractivity contribution in [1.29, 1.82) is 0 Å². The second kappa shape index (κ2) is 8.97. The van der Waals surface area contributed by atoms with E-state index < -0.39 is 17.9 Å². The first-order valence-corrected chi connectivity index (χ1v) is 9.70. The Balaban J connectivity index is 0.00000289. The number of aryl methyl sites for hydroxylation is 1. The number of halogens is 6. The first-order valence-electron chi connectivity index (χ1n) is 8.94. The summed E-state index contributed by atoms with van der Waals surface area (Å²) in [6.45, 7) is 1.61. The number of carbonyl (C=O) groups is 1. The smallest absolute Gasteiger partial charge is 0.319 e. The van der Waals surface area contributed by atoms with Gasteiger partial charge in [-0.05, 0) is 42.8 Å². The van der Waals surface area contributed by atoms with Crippen LogP contribution < -0.4 is 5.32 Å². The van der Waals surface area contributed by atoms with Crippen molar-refractivity contribution in [2.45, 2.75) is 13.1 Å². The molecule has 0 saturated heterocycles. The van der Waals surface area contributed by atoms with Gasteiger partial charge < -0.3 is 5.32 Å². The molecule has 2 aromatic heterocycles. The van der Waals surface area contributed by atoms with Crippen molar-refractivity contribution in [3.63, 3.8) is 0 Å². The molecule has 2 heterocycles. The van der Waals surface area contributed by atoms with E-state index in [4.69, 9.17) is 23.2 Å². The minimum absolute atomic E-state index is 0. The zero-order chi connectivity index (χ0) is 22.3. The number of anilines is 1. The Bertz CT molecular complexity index is 1290. The van der Waals surface area contributed by atoms with Crippen LogP contribution in [0.25, 0.3) is 16.9 Å². The number of hydrogen-bond acceptors (Lipinski definition) is 3. The van der Waals surface area contributed by atoms with Crippen LogP contribution in [0.5, 0.6) is 0 Å². The van der Waals surface area contributed by atoms with Crippen LogP contribution in [-0.4, -0.2) is 20.4 Å². The number of carbonyl (C=O) groups excluding carboxylic acids is 1. The number of pyridine rings is 1. The first kappa shape index (κ1) is 23.8. The number of hydrogen-bond donors (Lipinski definition) is 1. The third-order valence-corrected chi connectivity index (χ3v) is 5.23. The Morgan fingerprint density at radius 3 is 2.31 bits per heavy atom. The van der Waals surface area contributed by atoms with Crippen LogP contribution in [0.1, 0.15) is 21.7 Å². The van der Waals surface area contributed by atoms with Gasteiger partial charge in [0.25, 0.3) is 5.91 Å². The highest BCUT2D eigenvalue weighted by Gasteiger charge is 2.39. The van der Waals surface area contributed by atoms with Crippen molar-refractivity contribution in [3.8, 4) is 5.82 Å². The molecule has 5 nitrogen and oxygen atoms in total. The van der Waals surface area contributed by atoms with E-state index in [2.05, 4.69) is 15.3 Å². The van der Waals surface area contributed by atoms with Gasteiger partial charge in [-0.2, -0.15) is 13.2 Å². The summed E-state index contributed by atoms with van der Waals surface area (Å²) >= 11 is 12.2. The van der Waals surface area contributed by atoms with E-state index in [9.17, 15) is 18.0 Å². The lowest BCUT2D eigenvalue weighted by Gasteiger charge is -2.12. The number of nitrogens with zero attached hydrogens (tertiary/aromatic N) is 3. The largest absolute Gasteiger partial charge is 0.450 e. The number of alkyl halides is 3. The number of amides is 1. The molecule has 2 aromatic carbocycles. The monoisotopic (exact) mass is 500 g/mol. The van der Waals surface area contributed by atoms with Crippen LogP contribution in [0, 0.1) is 6.92 Å². The van der Waals surface area contributed by atoms with Crippen molar-refractivity contribution in [2.75, 3.05) is 5.32 Å². The third-order valence-electron chi connectivity index (χ3n) is 4.60. The topological polar surface area (TPSA) is 59.8 Å². The summed E-state index contributed by atoms with van der Waals surface area (Å²) in [7, 11) is 0. The summed E-state index contributed by atoms with van der Waals surface area (Å²) in [6, 6.07) is 12.3. The van der Waals surface area contributed by atoms with Crippen LogP contribution in [0.15, 0.2) is 54.7 Å². The zero-order valence-corrected chi connectivity index (χ0v) is 18.6. The molecule has 0 aliphatic carbocycles. The fourth-order valence-corrected chi connectivity index (χ4v) is 3.72. The molecule has 0 atom stereocenters. The van der Waals surface area contributed by atoms with Crippen LogP contribution >= 0.6 is 35.6 Å². The Morgan fingerprint density at radius 1 is 1.03 bits per heavy atom. The third kappa shape index (κ3) is 4.26. The predicted molar refractivity (Wildman–Crippen MR) is 120 cm³/mol. The highest BCUT2D eigenvalue weighted by atomic mass is 35.5. The Kier molecular flexibility index (Phi) is 6.69. The average Bonchev–Trinajstić information content (AvgIpc) is 3.11. The molecule has 0 aliphatic heterocycles. The molecule has 4 rings (SSSR count). The summed E-state index contributed by atoms with van der Waals surface area (Å²) in [6.07, 6.45) is -3.40. The quantitative estimate of drug-likeness (QED) is 0.339. The second-order valence-corrected chi connectivity index (χ2v) is 7.45. The molecule has 0 aliphatic rings. The van der Waals surface area contributed by atoms with E-state index in [1.165, 1.54) is 30.5 Å². The molecule has 1 N–H and O–H groups in total. The van der Waals surface area contributed by atoms with E-state index in [0.29, 0.717) is 5.56 Å². The van der Waals surface area contributed by atoms with Gasteiger partial charge >= 0.3 is 6.18 Å². The SMILES string of the molecule is Cc1ccc2c(nc(C(F)(F)F)n2-c2ccccn2)c1C(=O)Nc1c(Cl)cccc1Cl.Cl. The summed E-state index contributed by atoms with van der Waals surface area (Å²) in [5, 5.41) is 2.98. The van der Waals surface area contributed by atoms with E-state index in [0.717, 1.165) is 4.57 Å². The van der Waals surface area contributed by atoms with Crippen molar-refractivity contribution in [3.05, 3.63) is 81.7 Å². The van der Waals surface area contributed by atoms with Gasteiger partial charge in [0.15, 0.2) is 0 Å². The van der Waals surface area contributed by atoms with Gasteiger partial charge in [0.05, 0.1) is 26.8 Å². The normalized spacial score (nSPS) is 11.3. The number of para-hydroxylation sites is 1. The molecule has 0 bridgehead atoms. The van der Waals surface area contributed by atoms with Gasteiger partial charge in [0, 0.05) is 6.20 Å². The highest BCUT2D eigenvalue weighted by Crippen LogP contribution is 2.36. The fraction of sp³-hybridized carbons (Fsp3) is 0.0952. The summed E-state index contributed by atoms with van der Waals surface area (Å²) in [5.41, 5.74) is 0.555. The Hall–Kier alpha value is -2.81. The summed E-state index contributed by atoms with van der Waals surface area (Å²) in [5.74, 6) is -1.84. The lowest BCUT2D eigenvalue weighted by Crippen LogP contribution is -2.15. The number of fused-ring (bicyclic) bond motifs is 1. The predicted octanol–water partition coefficient (Wildman–Crippen LogP) is 6.73. The number of nitrogens with one attached hydrogen (secondary N) is 1. The van der Waals surface area contributed by atoms with Crippen LogP contribution in [0.4, 0.5) is 18.9 Å². The number of aromatic nitrogens is 3. The van der Waals surface area contributed by atoms with E-state index >= 15 is 0 Å². The minimum atomic E-state index is -4.77. The zero-order valence-electron chi connectivity index (χ0n) is 16.2. The lowest BCUT2D eigenvalue weighted by molar-refractivity contribution is -0.145. The molecule has 0 radical (unpaired) electrons. The van der Waals surface area contributed by atoms with Crippen LogP contribution in [-0.2, 0) is 6.18 Å². The molecule has 0 unspecified atom stereocenters. The van der Waals surface area contributed by atoms with Gasteiger partial charge in [-0.1, -0.05) is 41.4 Å². The summed E-state index contributed by atoms with van der Waals surface area (Å²) < 4.78 is 42.3. The van der Waals surface area contributed by atoms with Gasteiger partial charge in [-0.15, -0.1) is 12.4 Å². The maximum Gasteiger partial charge on any atom is 0.450 e. The van der Waals surface area contributed by atoms with Gasteiger partial charge in [0.2, 0.25) is 5.82 Å². The molecule has 4 aromatic rings. The first-order chi connectivity index (χ1) is 14.7. The minimum Gasteiger partial charge on any atom is -0.319 e. The van der Waals surface area contributed by atoms with Gasteiger partial charge in [-0.3, -0.25) is 9.36 Å². The van der Waals surface area contributed by atoms with Crippen molar-refractivity contribution in [2.24, 2.45) is 0 Å². The number of imidazole rings is 1. The maximum atomic E-state index is 13.8. The standard InChI is InChI=1S/C21H13Cl2F3N4O.ClH/c1-11-8-9-14-18(16(11)19(31)28-17-12(22)5-4-6-13(17)23)29-20(21(24,25)26)30(14)15-7-2-3-10-27-15;/h2-10H,1H3,(H,28,31);1H. The molecular formula is C21H14Cl3F3N4O. The average molecular weight is 502 g/mol. The second-order valence-electron chi connectivity index (χ2n) is 6.63. The molecule has 32 heavy (non-hydrogen) atoms. The van der Waals surface area contributed by atoms with Crippen molar-refractivity contribution in [1.82, 2.24) is 14.5 Å². The lowest BCUT2D eigenvalue weighted by atomic mass is 10.1. The molecular weight excluding hydrogens is 488 g/mol.